The molecule has 1 saturated carbocycles. The summed E-state index contributed by atoms with van der Waals surface area (Å²) in [6, 6.07) is 9.31. The molecule has 1 saturated heterocycles. The van der Waals surface area contributed by atoms with Crippen molar-refractivity contribution in [1.82, 2.24) is 19.5 Å². The number of aromatic nitrogens is 4. The molecule has 0 bridgehead atoms. The summed E-state index contributed by atoms with van der Waals surface area (Å²) >= 11 is 6.25. The maximum Gasteiger partial charge on any atom is 0.373 e. The molecule has 1 aromatic carbocycles. The molecule has 0 radical (unpaired) electrons. The Labute approximate surface area is 239 Å². The summed E-state index contributed by atoms with van der Waals surface area (Å²) in [7, 11) is 1.92. The Morgan fingerprint density at radius 2 is 2.00 bits per heavy atom. The molecule has 3 heterocycles. The highest BCUT2D eigenvalue weighted by atomic mass is 35.5. The molecular weight excluding hydrogens is 558 g/mol. The lowest BCUT2D eigenvalue weighted by molar-refractivity contribution is -0.191. The lowest BCUT2D eigenvalue weighted by Crippen LogP contribution is -2.48. The fourth-order valence-electron chi connectivity index (χ4n) is 4.82. The van der Waals surface area contributed by atoms with E-state index in [-0.39, 0.29) is 24.5 Å². The van der Waals surface area contributed by atoms with Crippen LogP contribution >= 0.6 is 11.6 Å². The van der Waals surface area contributed by atoms with Crippen LogP contribution in [0.3, 0.4) is 0 Å². The third-order valence-corrected chi connectivity index (χ3v) is 7.51. The average Bonchev–Trinajstić information content (AvgIpc) is 3.44. The number of benzene rings is 1. The summed E-state index contributed by atoms with van der Waals surface area (Å²) in [6.45, 7) is -0.379. The zero-order valence-electron chi connectivity index (χ0n) is 22.0. The van der Waals surface area contributed by atoms with Crippen molar-refractivity contribution in [2.24, 2.45) is 0 Å². The molecule has 1 aliphatic heterocycles. The highest BCUT2D eigenvalue weighted by Gasteiger charge is 2.56. The molecule has 2 aliphatic rings. The number of carbonyl (C=O) groups excluding carboxylic acids is 2. The van der Waals surface area contributed by atoms with Gasteiger partial charge in [-0.1, -0.05) is 36.3 Å². The van der Waals surface area contributed by atoms with E-state index in [2.05, 4.69) is 20.9 Å². The number of aliphatic carboxylic acids is 1. The summed E-state index contributed by atoms with van der Waals surface area (Å²) in [5.41, 5.74) is -0.651. The van der Waals surface area contributed by atoms with Crippen LogP contribution in [0.2, 0.25) is 5.28 Å². The Balaban J connectivity index is 0.00000124. The molecule has 14 heteroatoms. The van der Waals surface area contributed by atoms with Crippen molar-refractivity contribution >= 4 is 40.7 Å². The number of aliphatic hydroxyl groups is 2. The molecule has 5 atom stereocenters. The number of carboxylic acids is 1. The van der Waals surface area contributed by atoms with Gasteiger partial charge in [-0.2, -0.15) is 19.6 Å². The van der Waals surface area contributed by atoms with Crippen molar-refractivity contribution in [3.63, 3.8) is 0 Å². The van der Waals surface area contributed by atoms with Crippen molar-refractivity contribution in [2.45, 2.75) is 61.9 Å². The van der Waals surface area contributed by atoms with Gasteiger partial charge in [-0.05, 0) is 36.4 Å². The largest absolute Gasteiger partial charge is 0.479 e. The lowest BCUT2D eigenvalue weighted by atomic mass is 9.92. The van der Waals surface area contributed by atoms with Crippen molar-refractivity contribution < 1.29 is 39.2 Å². The molecule has 2 fully saturated rings. The number of ether oxygens (including phenoxy) is 2. The first-order chi connectivity index (χ1) is 19.6. The molecule has 216 valence electrons. The molecule has 5 rings (SSSR count). The zero-order valence-corrected chi connectivity index (χ0v) is 22.7. The SMILES string of the molecule is C#C[C@@]1(O)[C@@H](COC(Cc2ccccc2)C(=O)O)O[C@@H](n2cnc3c(N(C)C4CCC4)nc(Cl)nc32)[C@@H]1O.O=C=O. The second-order valence-electron chi connectivity index (χ2n) is 9.70. The third-order valence-electron chi connectivity index (χ3n) is 7.34. The number of aliphatic hydroxyl groups excluding tert-OH is 1. The van der Waals surface area contributed by atoms with Crippen LogP contribution in [0.5, 0.6) is 0 Å². The summed E-state index contributed by atoms with van der Waals surface area (Å²) in [6.07, 6.45) is 5.33. The van der Waals surface area contributed by atoms with Gasteiger partial charge in [0.2, 0.25) is 5.28 Å². The van der Waals surface area contributed by atoms with Crippen molar-refractivity contribution in [1.29, 1.82) is 0 Å². The van der Waals surface area contributed by atoms with Crippen LogP contribution in [0.25, 0.3) is 11.2 Å². The average molecular weight is 586 g/mol. The van der Waals surface area contributed by atoms with E-state index in [0.717, 1.165) is 24.8 Å². The molecule has 0 amide bonds. The van der Waals surface area contributed by atoms with Gasteiger partial charge in [0, 0.05) is 19.5 Å². The second kappa shape index (κ2) is 12.7. The molecular formula is C27H28ClN5O8. The normalized spacial score (nSPS) is 24.4. The fraction of sp³-hybridized carbons (Fsp3) is 0.444. The maximum atomic E-state index is 11.8. The summed E-state index contributed by atoms with van der Waals surface area (Å²) in [5.74, 6) is 1.58. The monoisotopic (exact) mass is 585 g/mol. The number of hydrogen-bond donors (Lipinski definition) is 3. The summed E-state index contributed by atoms with van der Waals surface area (Å²) in [4.78, 5) is 43.2. The topological polar surface area (TPSA) is 177 Å². The first-order valence-electron chi connectivity index (χ1n) is 12.7. The van der Waals surface area contributed by atoms with Gasteiger partial charge in [-0.15, -0.1) is 6.42 Å². The molecule has 3 N–H and O–H groups in total. The lowest BCUT2D eigenvalue weighted by Gasteiger charge is -2.35. The Hall–Kier alpha value is -3.89. The van der Waals surface area contributed by atoms with Crippen LogP contribution in [0, 0.1) is 12.3 Å². The standard InChI is InChI=1S/C26H28ClN5O6.CO2/c1-3-26(36)18(13-37-17(24(34)35)12-15-8-5-4-6-9-15)38-23(20(26)33)32-14-28-19-21(29-25(27)30-22(19)32)31(2)16-10-7-11-16;2-1-3/h1,4-6,8-9,14,16-18,20,23,33,36H,7,10-13H2,2H3,(H,34,35);/t17?,18-,20+,23-,26-;/m1./s1. The van der Waals surface area contributed by atoms with E-state index in [1.54, 1.807) is 24.3 Å². The molecule has 0 spiro atoms. The van der Waals surface area contributed by atoms with E-state index in [1.165, 1.54) is 10.9 Å². The van der Waals surface area contributed by atoms with Gasteiger partial charge in [-0.3, -0.25) is 4.57 Å². The maximum absolute atomic E-state index is 11.8. The molecule has 1 unspecified atom stereocenters. The van der Waals surface area contributed by atoms with Crippen LogP contribution in [0.15, 0.2) is 36.7 Å². The van der Waals surface area contributed by atoms with Gasteiger partial charge >= 0.3 is 12.1 Å². The van der Waals surface area contributed by atoms with E-state index in [4.69, 9.17) is 37.1 Å². The predicted molar refractivity (Wildman–Crippen MR) is 143 cm³/mol. The van der Waals surface area contributed by atoms with E-state index in [0.29, 0.717) is 23.0 Å². The minimum atomic E-state index is -2.17. The van der Waals surface area contributed by atoms with Gasteiger partial charge in [0.25, 0.3) is 0 Å². The highest BCUT2D eigenvalue weighted by Crippen LogP contribution is 2.40. The number of imidazole rings is 1. The first kappa shape index (κ1) is 30.1. The number of fused-ring (bicyclic) bond motifs is 1. The summed E-state index contributed by atoms with van der Waals surface area (Å²) < 4.78 is 13.1. The van der Waals surface area contributed by atoms with Gasteiger partial charge in [0.1, 0.15) is 12.2 Å². The fourth-order valence-corrected chi connectivity index (χ4v) is 4.98. The minimum absolute atomic E-state index is 0.00906. The van der Waals surface area contributed by atoms with Crippen LogP contribution < -0.4 is 4.90 Å². The Kier molecular flexibility index (Phi) is 9.35. The van der Waals surface area contributed by atoms with E-state index in [9.17, 15) is 20.1 Å². The van der Waals surface area contributed by atoms with Crippen LogP contribution in [-0.4, -0.2) is 90.6 Å². The van der Waals surface area contributed by atoms with Gasteiger partial charge in [0.05, 0.1) is 12.9 Å². The number of nitrogens with zero attached hydrogens (tertiary/aromatic N) is 5. The van der Waals surface area contributed by atoms with Crippen LogP contribution in [0.1, 0.15) is 31.1 Å². The second-order valence-corrected chi connectivity index (χ2v) is 10.0. The number of rotatable bonds is 9. The molecule has 3 aromatic rings. The third kappa shape index (κ3) is 6.08. The number of carbonyl (C=O) groups is 1. The molecule has 41 heavy (non-hydrogen) atoms. The predicted octanol–water partition coefficient (Wildman–Crippen LogP) is 1.22. The molecule has 13 nitrogen and oxygen atoms in total. The smallest absolute Gasteiger partial charge is 0.373 e. The Morgan fingerprint density at radius 3 is 2.59 bits per heavy atom. The number of anilines is 1. The van der Waals surface area contributed by atoms with Crippen LogP contribution in [-0.2, 0) is 30.3 Å². The number of carboxylic acid groups (broad SMARTS) is 1. The number of hydrogen-bond acceptors (Lipinski definition) is 11. The number of terminal acetylenes is 1. The Bertz CT molecular complexity index is 1450. The van der Waals surface area contributed by atoms with Gasteiger partial charge in [0.15, 0.2) is 34.9 Å². The van der Waals surface area contributed by atoms with E-state index < -0.39 is 36.1 Å². The molecule has 1 aliphatic carbocycles. The van der Waals surface area contributed by atoms with E-state index >= 15 is 0 Å². The van der Waals surface area contributed by atoms with Crippen molar-refractivity contribution in [3.05, 3.63) is 47.5 Å². The van der Waals surface area contributed by atoms with Gasteiger partial charge < -0.3 is 29.7 Å². The first-order valence-corrected chi connectivity index (χ1v) is 13.1. The van der Waals surface area contributed by atoms with Crippen molar-refractivity contribution in [3.8, 4) is 12.3 Å². The highest BCUT2D eigenvalue weighted by molar-refractivity contribution is 6.28. The van der Waals surface area contributed by atoms with Crippen molar-refractivity contribution in [2.75, 3.05) is 18.6 Å². The van der Waals surface area contributed by atoms with E-state index in [1.807, 2.05) is 18.0 Å². The zero-order chi connectivity index (χ0) is 29.7. The minimum Gasteiger partial charge on any atom is -0.479 e. The summed E-state index contributed by atoms with van der Waals surface area (Å²) in [5, 5.41) is 31.9. The number of halogens is 1. The Morgan fingerprint density at radius 1 is 1.32 bits per heavy atom. The molecule has 2 aromatic heterocycles. The quantitative estimate of drug-likeness (QED) is 0.242. The van der Waals surface area contributed by atoms with Gasteiger partial charge in [-0.25, -0.2) is 9.78 Å². The van der Waals surface area contributed by atoms with Crippen LogP contribution in [0.4, 0.5) is 5.82 Å².